The van der Waals surface area contributed by atoms with Gasteiger partial charge < -0.3 is 14.6 Å². The molecule has 7 nitrogen and oxygen atoms in total. The lowest BCUT2D eigenvalue weighted by atomic mass is 10.1. The second-order valence-corrected chi connectivity index (χ2v) is 9.01. The minimum atomic E-state index is -3.63. The van der Waals surface area contributed by atoms with Gasteiger partial charge in [-0.3, -0.25) is 9.52 Å². The van der Waals surface area contributed by atoms with E-state index in [1.54, 1.807) is 48.5 Å². The van der Waals surface area contributed by atoms with E-state index in [1.807, 2.05) is 30.3 Å². The standard InChI is InChI=1S/C25H27NO6S/c27-25(28)14-13-21-8-4-5-12-24(21)32-18-17-31-16-15-20-7-6-9-22(19-20)26-33(29,30)23-10-2-1-3-11-23/h1-12,19,26H,13-18H2,(H,27,28). The number of hydrogen-bond donors (Lipinski definition) is 2. The molecular formula is C25H27NO6S. The minimum Gasteiger partial charge on any atom is -0.491 e. The van der Waals surface area contributed by atoms with Crippen LogP contribution in [-0.4, -0.2) is 39.3 Å². The Morgan fingerprint density at radius 2 is 1.61 bits per heavy atom. The molecule has 0 aliphatic carbocycles. The molecule has 3 aromatic carbocycles. The summed E-state index contributed by atoms with van der Waals surface area (Å²) in [5.41, 5.74) is 2.30. The van der Waals surface area contributed by atoms with E-state index in [2.05, 4.69) is 4.72 Å². The first-order valence-electron chi connectivity index (χ1n) is 10.6. The van der Waals surface area contributed by atoms with Gasteiger partial charge in [0.15, 0.2) is 0 Å². The van der Waals surface area contributed by atoms with Crippen LogP contribution in [0.15, 0.2) is 83.8 Å². The number of para-hydroxylation sites is 1. The summed E-state index contributed by atoms with van der Waals surface area (Å²) in [5.74, 6) is -0.175. The molecule has 3 rings (SSSR count). The van der Waals surface area contributed by atoms with Crippen LogP contribution in [0.4, 0.5) is 5.69 Å². The Morgan fingerprint density at radius 1 is 0.848 bits per heavy atom. The largest absolute Gasteiger partial charge is 0.491 e. The molecule has 0 saturated heterocycles. The number of hydrogen-bond acceptors (Lipinski definition) is 5. The molecule has 2 N–H and O–H groups in total. The van der Waals surface area contributed by atoms with Crippen molar-refractivity contribution < 1.29 is 27.8 Å². The number of carbonyl (C=O) groups is 1. The molecule has 0 amide bonds. The van der Waals surface area contributed by atoms with Crippen molar-refractivity contribution in [2.24, 2.45) is 0 Å². The molecular weight excluding hydrogens is 442 g/mol. The van der Waals surface area contributed by atoms with Crippen LogP contribution in [0.1, 0.15) is 17.5 Å². The summed E-state index contributed by atoms with van der Waals surface area (Å²) in [6.07, 6.45) is 1.09. The van der Waals surface area contributed by atoms with Crippen molar-refractivity contribution in [1.82, 2.24) is 0 Å². The van der Waals surface area contributed by atoms with Crippen LogP contribution < -0.4 is 9.46 Å². The summed E-state index contributed by atoms with van der Waals surface area (Å²) in [7, 11) is -3.63. The summed E-state index contributed by atoms with van der Waals surface area (Å²) in [4.78, 5) is 11.0. The summed E-state index contributed by atoms with van der Waals surface area (Å²) in [6, 6.07) is 22.8. The Labute approximate surface area is 194 Å². The molecule has 0 saturated carbocycles. The predicted octanol–water partition coefficient (Wildman–Crippen LogP) is 4.14. The van der Waals surface area contributed by atoms with E-state index in [0.717, 1.165) is 11.1 Å². The number of carboxylic acids is 1. The van der Waals surface area contributed by atoms with Crippen molar-refractivity contribution in [1.29, 1.82) is 0 Å². The van der Waals surface area contributed by atoms with Crippen LogP contribution in [0.3, 0.4) is 0 Å². The van der Waals surface area contributed by atoms with Gasteiger partial charge in [0.05, 0.1) is 18.1 Å². The van der Waals surface area contributed by atoms with Crippen LogP contribution in [0.25, 0.3) is 0 Å². The molecule has 0 atom stereocenters. The maximum absolute atomic E-state index is 12.5. The third kappa shape index (κ3) is 7.93. The zero-order chi connectivity index (χ0) is 23.5. The molecule has 0 unspecified atom stereocenters. The number of ether oxygens (including phenoxy) is 2. The van der Waals surface area contributed by atoms with Crippen molar-refractivity contribution in [2.75, 3.05) is 24.5 Å². The lowest BCUT2D eigenvalue weighted by molar-refractivity contribution is -0.136. The van der Waals surface area contributed by atoms with E-state index in [9.17, 15) is 13.2 Å². The highest BCUT2D eigenvalue weighted by molar-refractivity contribution is 7.92. The van der Waals surface area contributed by atoms with Crippen molar-refractivity contribution in [3.63, 3.8) is 0 Å². The zero-order valence-electron chi connectivity index (χ0n) is 18.1. The Balaban J connectivity index is 1.43. The number of sulfonamides is 1. The van der Waals surface area contributed by atoms with Crippen LogP contribution in [0, 0.1) is 0 Å². The average Bonchev–Trinajstić information content (AvgIpc) is 2.81. The second kappa shape index (κ2) is 12.0. The summed E-state index contributed by atoms with van der Waals surface area (Å²) in [5, 5.41) is 8.86. The first-order valence-corrected chi connectivity index (χ1v) is 12.1. The highest BCUT2D eigenvalue weighted by atomic mass is 32.2. The topological polar surface area (TPSA) is 102 Å². The van der Waals surface area contributed by atoms with Gasteiger partial charge in [-0.1, -0.05) is 48.5 Å². The molecule has 33 heavy (non-hydrogen) atoms. The van der Waals surface area contributed by atoms with Gasteiger partial charge in [0.25, 0.3) is 10.0 Å². The van der Waals surface area contributed by atoms with Gasteiger partial charge in [0.2, 0.25) is 0 Å². The monoisotopic (exact) mass is 469 g/mol. The normalized spacial score (nSPS) is 11.2. The zero-order valence-corrected chi connectivity index (χ0v) is 19.0. The van der Waals surface area contributed by atoms with Crippen LogP contribution >= 0.6 is 0 Å². The fourth-order valence-electron chi connectivity index (χ4n) is 3.20. The molecule has 0 fully saturated rings. The number of anilines is 1. The highest BCUT2D eigenvalue weighted by Crippen LogP contribution is 2.20. The van der Waals surface area contributed by atoms with E-state index in [1.165, 1.54) is 0 Å². The van der Waals surface area contributed by atoms with Crippen molar-refractivity contribution in [3.8, 4) is 5.75 Å². The summed E-state index contributed by atoms with van der Waals surface area (Å²) >= 11 is 0. The highest BCUT2D eigenvalue weighted by Gasteiger charge is 2.13. The lowest BCUT2D eigenvalue weighted by Crippen LogP contribution is -2.13. The smallest absolute Gasteiger partial charge is 0.303 e. The Kier molecular flexibility index (Phi) is 8.86. The molecule has 174 valence electrons. The number of benzene rings is 3. The van der Waals surface area contributed by atoms with Gasteiger partial charge in [-0.15, -0.1) is 0 Å². The molecule has 0 heterocycles. The molecule has 0 spiro atoms. The molecule has 0 radical (unpaired) electrons. The van der Waals surface area contributed by atoms with Crippen LogP contribution in [-0.2, 0) is 32.4 Å². The Morgan fingerprint density at radius 3 is 2.39 bits per heavy atom. The number of rotatable bonds is 13. The number of nitrogens with one attached hydrogen (secondary N) is 1. The van der Waals surface area contributed by atoms with Crippen molar-refractivity contribution >= 4 is 21.7 Å². The van der Waals surface area contributed by atoms with E-state index in [-0.39, 0.29) is 11.3 Å². The Hall–Kier alpha value is -3.36. The van der Waals surface area contributed by atoms with Gasteiger partial charge >= 0.3 is 5.97 Å². The van der Waals surface area contributed by atoms with Crippen molar-refractivity contribution in [2.45, 2.75) is 24.2 Å². The molecule has 8 heteroatoms. The van der Waals surface area contributed by atoms with E-state index in [4.69, 9.17) is 14.6 Å². The minimum absolute atomic E-state index is 0.0530. The maximum Gasteiger partial charge on any atom is 0.303 e. The number of carboxylic acid groups (broad SMARTS) is 1. The molecule has 0 aliphatic rings. The van der Waals surface area contributed by atoms with Crippen molar-refractivity contribution in [3.05, 3.63) is 90.0 Å². The summed E-state index contributed by atoms with van der Waals surface area (Å²) < 4.78 is 39.0. The van der Waals surface area contributed by atoms with E-state index < -0.39 is 16.0 Å². The first kappa shape index (κ1) is 24.3. The first-order chi connectivity index (χ1) is 15.9. The molecule has 0 bridgehead atoms. The van der Waals surface area contributed by atoms with Gasteiger partial charge in [-0.2, -0.15) is 0 Å². The van der Waals surface area contributed by atoms with Gasteiger partial charge in [-0.05, 0) is 54.3 Å². The number of aliphatic carboxylic acids is 1. The third-order valence-electron chi connectivity index (χ3n) is 4.83. The number of aryl methyl sites for hydroxylation is 1. The Bertz CT molecular complexity index is 1150. The van der Waals surface area contributed by atoms with E-state index >= 15 is 0 Å². The predicted molar refractivity (Wildman–Crippen MR) is 126 cm³/mol. The maximum atomic E-state index is 12.5. The van der Waals surface area contributed by atoms with Crippen LogP contribution in [0.2, 0.25) is 0 Å². The van der Waals surface area contributed by atoms with Gasteiger partial charge in [0.1, 0.15) is 12.4 Å². The molecule has 0 aromatic heterocycles. The van der Waals surface area contributed by atoms with Gasteiger partial charge in [0, 0.05) is 12.1 Å². The second-order valence-electron chi connectivity index (χ2n) is 7.33. The summed E-state index contributed by atoms with van der Waals surface area (Å²) in [6.45, 7) is 1.19. The molecule has 3 aromatic rings. The SMILES string of the molecule is O=C(O)CCc1ccccc1OCCOCCc1cccc(NS(=O)(=O)c2ccccc2)c1. The van der Waals surface area contributed by atoms with Gasteiger partial charge in [-0.25, -0.2) is 8.42 Å². The lowest BCUT2D eigenvalue weighted by Gasteiger charge is -2.12. The van der Waals surface area contributed by atoms with E-state index in [0.29, 0.717) is 44.1 Å². The fraction of sp³-hybridized carbons (Fsp3) is 0.240. The molecule has 0 aliphatic heterocycles. The average molecular weight is 470 g/mol. The fourth-order valence-corrected chi connectivity index (χ4v) is 4.27. The quantitative estimate of drug-likeness (QED) is 0.365. The van der Waals surface area contributed by atoms with Crippen LogP contribution in [0.5, 0.6) is 5.75 Å². The third-order valence-corrected chi connectivity index (χ3v) is 6.23.